The van der Waals surface area contributed by atoms with Crippen LogP contribution < -0.4 is 0 Å². The van der Waals surface area contributed by atoms with Gasteiger partial charge in [0, 0.05) is 24.7 Å². The van der Waals surface area contributed by atoms with Crippen LogP contribution in [0.5, 0.6) is 0 Å². The van der Waals surface area contributed by atoms with Gasteiger partial charge in [-0.05, 0) is 32.9 Å². The fourth-order valence-electron chi connectivity index (χ4n) is 3.16. The summed E-state index contributed by atoms with van der Waals surface area (Å²) in [5.74, 6) is -1.34. The van der Waals surface area contributed by atoms with Gasteiger partial charge >= 0.3 is 12.1 Å². The predicted molar refractivity (Wildman–Crippen MR) is 105 cm³/mol. The van der Waals surface area contributed by atoms with Gasteiger partial charge in [0.2, 0.25) is 10.0 Å². The third-order valence-electron chi connectivity index (χ3n) is 4.45. The highest BCUT2D eigenvalue weighted by molar-refractivity contribution is 7.89. The van der Waals surface area contributed by atoms with Gasteiger partial charge in [-0.1, -0.05) is 18.2 Å². The molecule has 1 aromatic carbocycles. The highest BCUT2D eigenvalue weighted by Crippen LogP contribution is 2.27. The first-order valence-electron chi connectivity index (χ1n) is 9.07. The van der Waals surface area contributed by atoms with Crippen molar-refractivity contribution in [3.8, 4) is 0 Å². The topological polar surface area (TPSA) is 117 Å². The maximum absolute atomic E-state index is 13.3. The number of sulfonamides is 1. The molecular weight excluding hydrogens is 398 g/mol. The Morgan fingerprint density at radius 3 is 2.52 bits per heavy atom. The van der Waals surface area contributed by atoms with Crippen molar-refractivity contribution in [2.24, 2.45) is 0 Å². The molecule has 0 radical (unpaired) electrons. The molecule has 1 aliphatic heterocycles. The third-order valence-corrected chi connectivity index (χ3v) is 6.39. The number of benzene rings is 1. The lowest BCUT2D eigenvalue weighted by Crippen LogP contribution is -2.59. The Bertz CT molecular complexity index is 1040. The maximum Gasteiger partial charge on any atom is 0.410 e. The van der Waals surface area contributed by atoms with E-state index in [0.717, 1.165) is 4.31 Å². The van der Waals surface area contributed by atoms with Gasteiger partial charge in [-0.3, -0.25) is 9.78 Å². The van der Waals surface area contributed by atoms with E-state index in [1.165, 1.54) is 17.2 Å². The fourth-order valence-corrected chi connectivity index (χ4v) is 4.89. The number of aliphatic carboxylic acids is 1. The van der Waals surface area contributed by atoms with Crippen LogP contribution in [-0.4, -0.2) is 71.1 Å². The molecule has 0 aliphatic carbocycles. The Labute approximate surface area is 168 Å². The first-order valence-corrected chi connectivity index (χ1v) is 10.5. The summed E-state index contributed by atoms with van der Waals surface area (Å²) < 4.78 is 32.8. The van der Waals surface area contributed by atoms with Crippen LogP contribution >= 0.6 is 0 Å². The number of amides is 1. The number of pyridine rings is 1. The van der Waals surface area contributed by atoms with Gasteiger partial charge in [0.15, 0.2) is 0 Å². The molecule has 1 aliphatic rings. The second kappa shape index (κ2) is 7.60. The van der Waals surface area contributed by atoms with Gasteiger partial charge in [0.25, 0.3) is 0 Å². The average molecular weight is 421 g/mol. The number of carboxylic acids is 1. The molecule has 2 heterocycles. The van der Waals surface area contributed by atoms with Crippen LogP contribution in [0.3, 0.4) is 0 Å². The minimum Gasteiger partial charge on any atom is -0.480 e. The predicted octanol–water partition coefficient (Wildman–Crippen LogP) is 1.93. The Morgan fingerprint density at radius 1 is 1.17 bits per heavy atom. The first kappa shape index (κ1) is 21.0. The van der Waals surface area contributed by atoms with Crippen molar-refractivity contribution in [2.75, 3.05) is 19.6 Å². The second-order valence-corrected chi connectivity index (χ2v) is 9.59. The standard InChI is InChI=1S/C19H23N3O6S/c1-19(2,3)28-18(25)21-10-11-22(14(12-21)17(23)24)29(26,27)15-8-4-6-13-7-5-9-20-16(13)15/h4-9,14H,10-12H2,1-3H3,(H,23,24). The lowest BCUT2D eigenvalue weighted by Gasteiger charge is -2.38. The Balaban J connectivity index is 1.93. The number of fused-ring (bicyclic) bond motifs is 1. The highest BCUT2D eigenvalue weighted by atomic mass is 32.2. The summed E-state index contributed by atoms with van der Waals surface area (Å²) in [7, 11) is -4.16. The zero-order chi connectivity index (χ0) is 21.4. The third kappa shape index (κ3) is 4.33. The SMILES string of the molecule is CC(C)(C)OC(=O)N1CCN(S(=O)(=O)c2cccc3cccnc23)C(C(=O)O)C1. The molecule has 0 spiro atoms. The molecule has 2 aromatic rings. The molecular formula is C19H23N3O6S. The highest BCUT2D eigenvalue weighted by Gasteiger charge is 2.42. The number of nitrogens with zero attached hydrogens (tertiary/aromatic N) is 3. The summed E-state index contributed by atoms with van der Waals surface area (Å²) in [5.41, 5.74) is -0.470. The molecule has 10 heteroatoms. The van der Waals surface area contributed by atoms with Crippen LogP contribution in [0, 0.1) is 0 Å². The number of hydrogen-bond donors (Lipinski definition) is 1. The zero-order valence-corrected chi connectivity index (χ0v) is 17.2. The van der Waals surface area contributed by atoms with E-state index in [-0.39, 0.29) is 30.0 Å². The number of aromatic nitrogens is 1. The smallest absolute Gasteiger partial charge is 0.410 e. The molecule has 9 nitrogen and oxygen atoms in total. The Kier molecular flexibility index (Phi) is 5.50. The molecule has 0 saturated carbocycles. The van der Waals surface area contributed by atoms with Crippen LogP contribution in [-0.2, 0) is 19.6 Å². The van der Waals surface area contributed by atoms with Gasteiger partial charge in [-0.2, -0.15) is 4.31 Å². The molecule has 0 bridgehead atoms. The molecule has 1 saturated heterocycles. The summed E-state index contributed by atoms with van der Waals surface area (Å²) in [4.78, 5) is 29.5. The summed E-state index contributed by atoms with van der Waals surface area (Å²) >= 11 is 0. The Hall–Kier alpha value is -2.72. The van der Waals surface area contributed by atoms with E-state index in [2.05, 4.69) is 4.98 Å². The number of rotatable bonds is 3. The van der Waals surface area contributed by atoms with Gasteiger partial charge < -0.3 is 14.7 Å². The number of hydrogen-bond acceptors (Lipinski definition) is 6. The van der Waals surface area contributed by atoms with Crippen molar-refractivity contribution in [1.82, 2.24) is 14.2 Å². The molecule has 1 fully saturated rings. The molecule has 1 amide bonds. The van der Waals surface area contributed by atoms with Gasteiger partial charge in [-0.25, -0.2) is 13.2 Å². The quantitative estimate of drug-likeness (QED) is 0.805. The largest absolute Gasteiger partial charge is 0.480 e. The van der Waals surface area contributed by atoms with E-state index in [4.69, 9.17) is 4.74 Å². The first-order chi connectivity index (χ1) is 13.5. The van der Waals surface area contributed by atoms with Crippen molar-refractivity contribution in [1.29, 1.82) is 0 Å². The van der Waals surface area contributed by atoms with Crippen molar-refractivity contribution in [3.63, 3.8) is 0 Å². The van der Waals surface area contributed by atoms with Crippen molar-refractivity contribution in [2.45, 2.75) is 37.3 Å². The number of carboxylic acid groups (broad SMARTS) is 1. The van der Waals surface area contributed by atoms with Crippen LogP contribution in [0.15, 0.2) is 41.4 Å². The van der Waals surface area contributed by atoms with E-state index < -0.39 is 33.7 Å². The number of para-hydroxylation sites is 1. The minimum atomic E-state index is -4.16. The minimum absolute atomic E-state index is 0.0239. The van der Waals surface area contributed by atoms with Gasteiger partial charge in [0.05, 0.1) is 12.1 Å². The Morgan fingerprint density at radius 2 is 1.86 bits per heavy atom. The van der Waals surface area contributed by atoms with Crippen LogP contribution in [0.1, 0.15) is 20.8 Å². The lowest BCUT2D eigenvalue weighted by molar-refractivity contribution is -0.143. The van der Waals surface area contributed by atoms with E-state index in [1.54, 1.807) is 45.0 Å². The molecule has 1 unspecified atom stereocenters. The molecule has 156 valence electrons. The van der Waals surface area contributed by atoms with Crippen LogP contribution in [0.2, 0.25) is 0 Å². The zero-order valence-electron chi connectivity index (χ0n) is 16.4. The number of carbonyl (C=O) groups is 2. The van der Waals surface area contributed by atoms with E-state index in [1.807, 2.05) is 0 Å². The summed E-state index contributed by atoms with van der Waals surface area (Å²) in [6.07, 6.45) is 0.809. The van der Waals surface area contributed by atoms with E-state index in [0.29, 0.717) is 5.39 Å². The number of carbonyl (C=O) groups excluding carboxylic acids is 1. The van der Waals surface area contributed by atoms with Gasteiger partial charge in [0.1, 0.15) is 16.5 Å². The normalized spacial score (nSPS) is 18.6. The average Bonchev–Trinajstić information content (AvgIpc) is 2.65. The van der Waals surface area contributed by atoms with E-state index in [9.17, 15) is 23.1 Å². The molecule has 1 N–H and O–H groups in total. The van der Waals surface area contributed by atoms with Crippen LogP contribution in [0.4, 0.5) is 4.79 Å². The van der Waals surface area contributed by atoms with Gasteiger partial charge in [-0.15, -0.1) is 0 Å². The summed E-state index contributed by atoms with van der Waals surface area (Å²) in [6, 6.07) is 6.72. The summed E-state index contributed by atoms with van der Waals surface area (Å²) in [6.45, 7) is 4.66. The second-order valence-electron chi connectivity index (χ2n) is 7.73. The van der Waals surface area contributed by atoms with Crippen molar-refractivity contribution >= 4 is 33.0 Å². The molecule has 29 heavy (non-hydrogen) atoms. The molecule has 3 rings (SSSR count). The van der Waals surface area contributed by atoms with E-state index >= 15 is 0 Å². The van der Waals surface area contributed by atoms with Crippen LogP contribution in [0.25, 0.3) is 10.9 Å². The fraction of sp³-hybridized carbons (Fsp3) is 0.421. The lowest BCUT2D eigenvalue weighted by atomic mass is 10.2. The maximum atomic E-state index is 13.3. The molecule has 1 aromatic heterocycles. The van der Waals surface area contributed by atoms with Crippen molar-refractivity contribution in [3.05, 3.63) is 36.5 Å². The number of ether oxygens (including phenoxy) is 1. The summed E-state index contributed by atoms with van der Waals surface area (Å²) in [5, 5.41) is 10.3. The molecule has 1 atom stereocenters. The van der Waals surface area contributed by atoms with Crippen molar-refractivity contribution < 1.29 is 27.9 Å². The monoisotopic (exact) mass is 421 g/mol. The number of piperazine rings is 1.